The number of thioether (sulfide) groups is 1. The molecule has 0 spiro atoms. The van der Waals surface area contributed by atoms with Crippen LogP contribution in [0.25, 0.3) is 0 Å². The number of hydrogen-bond acceptors (Lipinski definition) is 5. The summed E-state index contributed by atoms with van der Waals surface area (Å²) in [6.07, 6.45) is 0.622. The molecule has 5 nitrogen and oxygen atoms in total. The zero-order chi connectivity index (χ0) is 14.2. The predicted molar refractivity (Wildman–Crippen MR) is 107 cm³/mol. The van der Waals surface area contributed by atoms with Crippen molar-refractivity contribution in [3.05, 3.63) is 0 Å². The van der Waals surface area contributed by atoms with Gasteiger partial charge in [-0.3, -0.25) is 9.69 Å². The van der Waals surface area contributed by atoms with Gasteiger partial charge in [-0.05, 0) is 6.54 Å². The van der Waals surface area contributed by atoms with Gasteiger partial charge in [-0.1, -0.05) is 6.92 Å². The lowest BCUT2D eigenvalue weighted by Crippen LogP contribution is -2.48. The fraction of sp³-hybridized carbons (Fsp3) is 0.929. The van der Waals surface area contributed by atoms with E-state index in [1.54, 1.807) is 0 Å². The van der Waals surface area contributed by atoms with Crippen molar-refractivity contribution < 1.29 is 4.79 Å². The highest BCUT2D eigenvalue weighted by atomic mass is 35.5. The molecular weight excluding hydrogens is 379 g/mol. The smallest absolute Gasteiger partial charge is 0.221 e. The average Bonchev–Trinajstić information content (AvgIpc) is 2.49. The molecule has 0 aliphatic carbocycles. The second-order valence-corrected chi connectivity index (χ2v) is 6.71. The largest absolute Gasteiger partial charge is 0.355 e. The van der Waals surface area contributed by atoms with Crippen LogP contribution in [0, 0.1) is 0 Å². The molecule has 2 saturated heterocycles. The van der Waals surface area contributed by atoms with E-state index in [4.69, 9.17) is 0 Å². The van der Waals surface area contributed by atoms with Crippen molar-refractivity contribution >= 4 is 54.9 Å². The minimum atomic E-state index is 0. The first-order valence-corrected chi connectivity index (χ1v) is 8.96. The molecule has 2 fully saturated rings. The Morgan fingerprint density at radius 1 is 1.17 bits per heavy atom. The fourth-order valence-electron chi connectivity index (χ4n) is 2.73. The monoisotopic (exact) mass is 408 g/mol. The Morgan fingerprint density at radius 3 is 2.39 bits per heavy atom. The third kappa shape index (κ3) is 10.2. The van der Waals surface area contributed by atoms with Crippen LogP contribution in [-0.4, -0.2) is 85.6 Å². The fourth-order valence-corrected chi connectivity index (χ4v) is 3.68. The Bertz CT molecular complexity index is 302. The molecule has 2 aliphatic rings. The first kappa shape index (κ1) is 25.8. The van der Waals surface area contributed by atoms with E-state index in [0.29, 0.717) is 12.5 Å². The van der Waals surface area contributed by atoms with Crippen LogP contribution >= 0.6 is 49.0 Å². The van der Waals surface area contributed by atoms with Gasteiger partial charge in [-0.2, -0.15) is 11.8 Å². The van der Waals surface area contributed by atoms with E-state index in [9.17, 15) is 4.79 Å². The second-order valence-electron chi connectivity index (χ2n) is 5.56. The molecule has 1 atom stereocenters. The minimum absolute atomic E-state index is 0. The first-order valence-electron chi connectivity index (χ1n) is 7.80. The second kappa shape index (κ2) is 14.9. The number of halogens is 3. The Kier molecular flexibility index (Phi) is 16.7. The van der Waals surface area contributed by atoms with Gasteiger partial charge in [0.05, 0.1) is 0 Å². The summed E-state index contributed by atoms with van der Waals surface area (Å²) in [6, 6.07) is 0.363. The molecular formula is C14H31Cl3N4OS. The summed E-state index contributed by atoms with van der Waals surface area (Å²) in [7, 11) is 0. The average molecular weight is 410 g/mol. The van der Waals surface area contributed by atoms with Crippen molar-refractivity contribution in [2.24, 2.45) is 0 Å². The van der Waals surface area contributed by atoms with Crippen LogP contribution in [0.3, 0.4) is 0 Å². The van der Waals surface area contributed by atoms with Crippen molar-refractivity contribution in [2.45, 2.75) is 19.4 Å². The van der Waals surface area contributed by atoms with Gasteiger partial charge < -0.3 is 15.5 Å². The number of amides is 1. The Balaban J connectivity index is 0. The van der Waals surface area contributed by atoms with Crippen molar-refractivity contribution in [1.82, 2.24) is 20.4 Å². The molecule has 140 valence electrons. The lowest BCUT2D eigenvalue weighted by molar-refractivity contribution is -0.121. The van der Waals surface area contributed by atoms with Gasteiger partial charge >= 0.3 is 0 Å². The number of hydrogen-bond donors (Lipinski definition) is 2. The maximum Gasteiger partial charge on any atom is 0.221 e. The molecule has 0 aromatic carbocycles. The summed E-state index contributed by atoms with van der Waals surface area (Å²) in [5.74, 6) is 2.42. The highest BCUT2D eigenvalue weighted by Crippen LogP contribution is 2.09. The number of carbonyl (C=O) groups excluding carboxylic acids is 1. The summed E-state index contributed by atoms with van der Waals surface area (Å²) in [6.45, 7) is 10.7. The van der Waals surface area contributed by atoms with Crippen LogP contribution in [-0.2, 0) is 4.79 Å². The zero-order valence-corrected chi connectivity index (χ0v) is 17.1. The van der Waals surface area contributed by atoms with E-state index in [-0.39, 0.29) is 43.1 Å². The number of carbonyl (C=O) groups is 1. The Labute approximate surface area is 163 Å². The molecule has 0 radical (unpaired) electrons. The number of rotatable bonds is 6. The first-order chi connectivity index (χ1) is 9.78. The molecule has 0 aromatic heterocycles. The van der Waals surface area contributed by atoms with Gasteiger partial charge in [-0.25, -0.2) is 0 Å². The summed E-state index contributed by atoms with van der Waals surface area (Å²) in [5.41, 5.74) is 0. The number of nitrogens with zero attached hydrogens (tertiary/aromatic N) is 2. The summed E-state index contributed by atoms with van der Waals surface area (Å²) >= 11 is 1.94. The van der Waals surface area contributed by atoms with Gasteiger partial charge in [0.1, 0.15) is 0 Å². The van der Waals surface area contributed by atoms with Crippen LogP contribution in [0.4, 0.5) is 0 Å². The molecule has 0 bridgehead atoms. The molecule has 2 aliphatic heterocycles. The SMILES string of the molecule is CCN1CCN(CCNC(=O)CC2CSCCN2)CC1.Cl.Cl.Cl. The molecule has 0 saturated carbocycles. The van der Waals surface area contributed by atoms with E-state index in [2.05, 4.69) is 27.4 Å². The zero-order valence-electron chi connectivity index (χ0n) is 13.8. The van der Waals surface area contributed by atoms with Crippen molar-refractivity contribution in [3.63, 3.8) is 0 Å². The van der Waals surface area contributed by atoms with Crippen molar-refractivity contribution in [3.8, 4) is 0 Å². The number of likely N-dealkylation sites (N-methyl/N-ethyl adjacent to an activating group) is 1. The Morgan fingerprint density at radius 2 is 1.83 bits per heavy atom. The molecule has 1 amide bonds. The molecule has 9 heteroatoms. The van der Waals surface area contributed by atoms with Crippen LogP contribution in [0.5, 0.6) is 0 Å². The van der Waals surface area contributed by atoms with Gasteiger partial charge in [0.15, 0.2) is 0 Å². The lowest BCUT2D eigenvalue weighted by Gasteiger charge is -2.34. The predicted octanol–water partition coefficient (Wildman–Crippen LogP) is 1.10. The summed E-state index contributed by atoms with van der Waals surface area (Å²) < 4.78 is 0. The van der Waals surface area contributed by atoms with Gasteiger partial charge in [0.2, 0.25) is 5.91 Å². The normalized spacial score (nSPS) is 22.2. The highest BCUT2D eigenvalue weighted by molar-refractivity contribution is 7.99. The van der Waals surface area contributed by atoms with Crippen LogP contribution in [0.2, 0.25) is 0 Å². The third-order valence-electron chi connectivity index (χ3n) is 4.09. The van der Waals surface area contributed by atoms with Crippen LogP contribution in [0.1, 0.15) is 13.3 Å². The van der Waals surface area contributed by atoms with E-state index < -0.39 is 0 Å². The van der Waals surface area contributed by atoms with E-state index in [1.165, 1.54) is 5.75 Å². The minimum Gasteiger partial charge on any atom is -0.355 e. The van der Waals surface area contributed by atoms with E-state index in [0.717, 1.165) is 58.1 Å². The molecule has 2 rings (SSSR count). The topological polar surface area (TPSA) is 47.6 Å². The van der Waals surface area contributed by atoms with Gasteiger partial charge in [0, 0.05) is 69.8 Å². The third-order valence-corrected chi connectivity index (χ3v) is 5.22. The van der Waals surface area contributed by atoms with Gasteiger partial charge in [-0.15, -0.1) is 37.2 Å². The van der Waals surface area contributed by atoms with Crippen molar-refractivity contribution in [1.29, 1.82) is 0 Å². The van der Waals surface area contributed by atoms with Gasteiger partial charge in [0.25, 0.3) is 0 Å². The molecule has 0 aromatic rings. The number of piperazine rings is 1. The van der Waals surface area contributed by atoms with Crippen molar-refractivity contribution in [2.75, 3.05) is 63.9 Å². The molecule has 2 heterocycles. The van der Waals surface area contributed by atoms with E-state index >= 15 is 0 Å². The maximum absolute atomic E-state index is 11.9. The quantitative estimate of drug-likeness (QED) is 0.688. The summed E-state index contributed by atoms with van der Waals surface area (Å²) in [4.78, 5) is 16.8. The Hall–Kier alpha value is 0.570. The molecule has 2 N–H and O–H groups in total. The molecule has 1 unspecified atom stereocenters. The lowest BCUT2D eigenvalue weighted by atomic mass is 10.2. The standard InChI is InChI=1S/C14H28N4OS.3ClH/c1-2-17-6-8-18(9-7-17)5-3-16-14(19)11-13-12-20-10-4-15-13;;;/h13,15H,2-12H2,1H3,(H,16,19);3*1H. The summed E-state index contributed by atoms with van der Waals surface area (Å²) in [5, 5.41) is 6.46. The highest BCUT2D eigenvalue weighted by Gasteiger charge is 2.17. The maximum atomic E-state index is 11.9. The van der Waals surface area contributed by atoms with Crippen LogP contribution < -0.4 is 10.6 Å². The van der Waals surface area contributed by atoms with E-state index in [1.807, 2.05) is 11.8 Å². The molecule has 23 heavy (non-hydrogen) atoms. The number of nitrogens with one attached hydrogen (secondary N) is 2. The van der Waals surface area contributed by atoms with Crippen LogP contribution in [0.15, 0.2) is 0 Å².